The zero-order valence-electron chi connectivity index (χ0n) is 10.8. The molecule has 0 saturated heterocycles. The molecule has 1 aliphatic rings. The fourth-order valence-corrected chi connectivity index (χ4v) is 1.99. The number of halogens is 2. The van der Waals surface area contributed by atoms with Gasteiger partial charge in [-0.15, -0.1) is 0 Å². The van der Waals surface area contributed by atoms with Gasteiger partial charge in [-0.25, -0.2) is 4.98 Å². The molecule has 21 heavy (non-hydrogen) atoms. The van der Waals surface area contributed by atoms with Crippen molar-refractivity contribution < 1.29 is 26.7 Å². The minimum absolute atomic E-state index is 0. The number of nitrogens with zero attached hydrogens (tertiary/aromatic N) is 1. The van der Waals surface area contributed by atoms with E-state index >= 15 is 0 Å². The average molecular weight is 326 g/mol. The van der Waals surface area contributed by atoms with Crippen LogP contribution in [0.2, 0.25) is 5.02 Å². The summed E-state index contributed by atoms with van der Waals surface area (Å²) in [6, 6.07) is 10.5. The van der Waals surface area contributed by atoms with Crippen molar-refractivity contribution in [2.75, 3.05) is 11.9 Å². The number of para-hydroxylation sites is 2. The van der Waals surface area contributed by atoms with Gasteiger partial charge >= 0.3 is 0 Å². The number of amides is 1. The third-order valence-electron chi connectivity index (χ3n) is 2.80. The summed E-state index contributed by atoms with van der Waals surface area (Å²) in [4.78, 5) is 16.1. The molecule has 1 amide bonds. The third-order valence-corrected chi connectivity index (χ3v) is 3.11. The molecule has 1 N–H and O–H groups in total. The summed E-state index contributed by atoms with van der Waals surface area (Å²) in [7, 11) is 0. The first-order valence-electron chi connectivity index (χ1n) is 6.04. The number of carbonyl (C=O) groups is 1. The molecule has 0 spiro atoms. The number of rotatable bonds is 2. The summed E-state index contributed by atoms with van der Waals surface area (Å²) in [5.41, 5.74) is 0. The van der Waals surface area contributed by atoms with Crippen molar-refractivity contribution in [1.29, 1.82) is 0 Å². The van der Waals surface area contributed by atoms with Crippen molar-refractivity contribution in [3.05, 3.63) is 47.6 Å². The van der Waals surface area contributed by atoms with E-state index in [9.17, 15) is 4.79 Å². The zero-order chi connectivity index (χ0) is 13.9. The van der Waals surface area contributed by atoms with Gasteiger partial charge in [-0.1, -0.05) is 23.7 Å². The smallest absolute Gasteiger partial charge is 0.270 e. The van der Waals surface area contributed by atoms with Crippen LogP contribution in [0.3, 0.4) is 0 Å². The summed E-state index contributed by atoms with van der Waals surface area (Å²) in [6.07, 6.45) is 0.817. The number of pyridine rings is 1. The number of anilines is 1. The van der Waals surface area contributed by atoms with Gasteiger partial charge in [-0.05, 0) is 24.3 Å². The van der Waals surface area contributed by atoms with Crippen molar-refractivity contribution >= 4 is 23.3 Å². The van der Waals surface area contributed by atoms with Crippen LogP contribution < -0.4 is 27.2 Å². The quantitative estimate of drug-likeness (QED) is 0.810. The maximum Gasteiger partial charge on any atom is 0.270 e. The fraction of sp³-hybridized carbons (Fsp3) is 0.143. The van der Waals surface area contributed by atoms with Crippen LogP contribution >= 0.6 is 11.6 Å². The lowest BCUT2D eigenvalue weighted by molar-refractivity contribution is -0.125. The summed E-state index contributed by atoms with van der Waals surface area (Å²) in [5.74, 6) is 1.14. The number of carbonyl (C=O) groups excluding carboxylic acids is 1. The Morgan fingerprint density at radius 3 is 2.76 bits per heavy atom. The van der Waals surface area contributed by atoms with Crippen molar-refractivity contribution in [3.63, 3.8) is 0 Å². The van der Waals surface area contributed by atoms with Gasteiger partial charge in [-0.3, -0.25) is 4.79 Å². The van der Waals surface area contributed by atoms with Crippen LogP contribution in [0.5, 0.6) is 11.5 Å². The Morgan fingerprint density at radius 1 is 1.24 bits per heavy atom. The van der Waals surface area contributed by atoms with E-state index in [1.165, 1.54) is 0 Å². The number of aromatic nitrogens is 1. The molecule has 0 bridgehead atoms. The van der Waals surface area contributed by atoms with E-state index in [1.807, 2.05) is 12.1 Å². The average Bonchev–Trinajstić information content (AvgIpc) is 2.49. The summed E-state index contributed by atoms with van der Waals surface area (Å²) in [5, 5.41) is 3.00. The Kier molecular flexibility index (Phi) is 4.88. The van der Waals surface area contributed by atoms with Crippen LogP contribution in [0.4, 0.5) is 5.82 Å². The molecule has 0 radical (unpaired) electrons. The highest BCUT2D eigenvalue weighted by molar-refractivity contribution is 6.33. The molecule has 2 heterocycles. The standard InChI is InChI=1S/C14H11ClN2O3.ClH/c15-9-4-3-7-16-13(9)17-14(18)12-8-19-10-5-1-2-6-11(10)20-12;/h1-7,12H,8H2,(H,16,17,18);1H/p-1. The van der Waals surface area contributed by atoms with Gasteiger partial charge in [0.25, 0.3) is 5.91 Å². The number of benzene rings is 1. The molecule has 1 aromatic heterocycles. The highest BCUT2D eigenvalue weighted by Crippen LogP contribution is 2.31. The highest BCUT2D eigenvalue weighted by atomic mass is 35.5. The molecule has 0 aliphatic carbocycles. The van der Waals surface area contributed by atoms with E-state index in [-0.39, 0.29) is 24.9 Å². The molecule has 110 valence electrons. The fourth-order valence-electron chi connectivity index (χ4n) is 1.82. The Bertz CT molecular complexity index is 652. The second-order valence-electron chi connectivity index (χ2n) is 4.19. The van der Waals surface area contributed by atoms with Gasteiger partial charge < -0.3 is 27.2 Å². The van der Waals surface area contributed by atoms with Crippen LogP contribution in [0.1, 0.15) is 0 Å². The Balaban J connectivity index is 0.00000161. The zero-order valence-corrected chi connectivity index (χ0v) is 12.3. The molecule has 7 heteroatoms. The molecule has 2 aromatic rings. The van der Waals surface area contributed by atoms with Crippen molar-refractivity contribution in [3.8, 4) is 11.5 Å². The largest absolute Gasteiger partial charge is 1.00 e. The molecule has 0 saturated carbocycles. The third kappa shape index (κ3) is 3.37. The predicted octanol–water partition coefficient (Wildman–Crippen LogP) is -0.483. The maximum absolute atomic E-state index is 12.1. The molecule has 1 unspecified atom stereocenters. The van der Waals surface area contributed by atoms with Crippen LogP contribution in [0, 0.1) is 0 Å². The minimum atomic E-state index is -0.733. The molecule has 1 atom stereocenters. The van der Waals surface area contributed by atoms with E-state index in [0.717, 1.165) is 0 Å². The van der Waals surface area contributed by atoms with Gasteiger partial charge in [0, 0.05) is 6.20 Å². The van der Waals surface area contributed by atoms with E-state index in [0.29, 0.717) is 22.3 Å². The summed E-state index contributed by atoms with van der Waals surface area (Å²) in [6.45, 7) is 0.146. The van der Waals surface area contributed by atoms with E-state index < -0.39 is 6.10 Å². The lowest BCUT2D eigenvalue weighted by Crippen LogP contribution is -3.00. The molecule has 3 rings (SSSR count). The second-order valence-corrected chi connectivity index (χ2v) is 4.59. The SMILES string of the molecule is O=C(Nc1ncccc1Cl)C1COc2ccccc2O1.[Cl-]. The Hall–Kier alpha value is -1.98. The predicted molar refractivity (Wildman–Crippen MR) is 74.2 cm³/mol. The van der Waals surface area contributed by atoms with Gasteiger partial charge in [0.15, 0.2) is 17.3 Å². The van der Waals surface area contributed by atoms with Crippen LogP contribution in [-0.2, 0) is 4.79 Å². The molecule has 1 aromatic carbocycles. The molecule has 1 aliphatic heterocycles. The minimum Gasteiger partial charge on any atom is -1.00 e. The molecular weight excluding hydrogens is 315 g/mol. The van der Waals surface area contributed by atoms with Gasteiger partial charge in [0.1, 0.15) is 6.61 Å². The summed E-state index contributed by atoms with van der Waals surface area (Å²) < 4.78 is 11.1. The van der Waals surface area contributed by atoms with Crippen molar-refractivity contribution in [2.45, 2.75) is 6.10 Å². The Labute approximate surface area is 132 Å². The number of fused-ring (bicyclic) bond motifs is 1. The number of hydrogen-bond acceptors (Lipinski definition) is 4. The lowest BCUT2D eigenvalue weighted by atomic mass is 10.2. The van der Waals surface area contributed by atoms with E-state index in [1.54, 1.807) is 30.5 Å². The first-order chi connectivity index (χ1) is 9.74. The Morgan fingerprint density at radius 2 is 2.00 bits per heavy atom. The van der Waals surface area contributed by atoms with Gasteiger partial charge in [0.2, 0.25) is 6.10 Å². The molecule has 0 fully saturated rings. The van der Waals surface area contributed by atoms with Gasteiger partial charge in [-0.2, -0.15) is 0 Å². The van der Waals surface area contributed by atoms with Crippen molar-refractivity contribution in [2.24, 2.45) is 0 Å². The van der Waals surface area contributed by atoms with Crippen LogP contribution in [-0.4, -0.2) is 23.6 Å². The number of ether oxygens (including phenoxy) is 2. The topological polar surface area (TPSA) is 60.5 Å². The lowest BCUT2D eigenvalue weighted by Gasteiger charge is -2.25. The molecular formula is C14H11Cl2N2O3-. The van der Waals surface area contributed by atoms with Crippen molar-refractivity contribution in [1.82, 2.24) is 4.98 Å². The van der Waals surface area contributed by atoms with Gasteiger partial charge in [0.05, 0.1) is 5.02 Å². The molecule has 5 nitrogen and oxygen atoms in total. The summed E-state index contributed by atoms with van der Waals surface area (Å²) >= 11 is 5.94. The first-order valence-corrected chi connectivity index (χ1v) is 6.42. The normalized spacial score (nSPS) is 15.8. The highest BCUT2D eigenvalue weighted by Gasteiger charge is 2.27. The van der Waals surface area contributed by atoms with E-state index in [4.69, 9.17) is 21.1 Å². The van der Waals surface area contributed by atoms with Crippen LogP contribution in [0.15, 0.2) is 42.6 Å². The second kappa shape index (κ2) is 6.65. The first kappa shape index (κ1) is 15.4. The van der Waals surface area contributed by atoms with E-state index in [2.05, 4.69) is 10.3 Å². The number of nitrogens with one attached hydrogen (secondary N) is 1. The maximum atomic E-state index is 12.1. The van der Waals surface area contributed by atoms with Crippen LogP contribution in [0.25, 0.3) is 0 Å². The monoisotopic (exact) mass is 325 g/mol. The number of hydrogen-bond donors (Lipinski definition) is 1.